The smallest absolute Gasteiger partial charge is 0.326 e. The van der Waals surface area contributed by atoms with Gasteiger partial charge in [0.2, 0.25) is 35.4 Å². The molecule has 0 unspecified atom stereocenters. The van der Waals surface area contributed by atoms with E-state index < -0.39 is 102 Å². The van der Waals surface area contributed by atoms with E-state index in [-0.39, 0.29) is 37.2 Å². The minimum atomic E-state index is -1.53. The number of phenols is 2. The number of carbonyl (C=O) groups excluding carboxylic acids is 6. The molecule has 334 valence electrons. The van der Waals surface area contributed by atoms with E-state index in [1.165, 1.54) is 43.3 Å². The second kappa shape index (κ2) is 24.3. The number of nitrogens with one attached hydrogen (secondary N) is 6. The summed E-state index contributed by atoms with van der Waals surface area (Å²) < 4.78 is 0. The van der Waals surface area contributed by atoms with Gasteiger partial charge < -0.3 is 52.3 Å². The summed E-state index contributed by atoms with van der Waals surface area (Å²) in [6.07, 6.45) is -0.764. The van der Waals surface area contributed by atoms with Crippen molar-refractivity contribution in [3.63, 3.8) is 0 Å². The molecule has 7 atom stereocenters. The minimum Gasteiger partial charge on any atom is -0.508 e. The van der Waals surface area contributed by atoms with Gasteiger partial charge in [-0.15, -0.1) is 0 Å². The maximum atomic E-state index is 14.1. The fourth-order valence-electron chi connectivity index (χ4n) is 6.20. The third-order valence-corrected chi connectivity index (χ3v) is 10.1. The van der Waals surface area contributed by atoms with Crippen LogP contribution in [0, 0.1) is 5.92 Å². The largest absolute Gasteiger partial charge is 0.508 e. The molecule has 0 aliphatic carbocycles. The lowest BCUT2D eigenvalue weighted by Crippen LogP contribution is -2.60. The van der Waals surface area contributed by atoms with Gasteiger partial charge in [-0.3, -0.25) is 33.6 Å². The number of hydrogen-bond acceptors (Lipinski definition) is 10. The Morgan fingerprint density at radius 1 is 0.516 bits per heavy atom. The summed E-state index contributed by atoms with van der Waals surface area (Å²) in [4.78, 5) is 105. The average Bonchev–Trinajstić information content (AvgIpc) is 3.24. The van der Waals surface area contributed by atoms with E-state index in [2.05, 4.69) is 31.9 Å². The third-order valence-electron chi connectivity index (χ3n) is 10.1. The van der Waals surface area contributed by atoms with Crippen LogP contribution in [-0.4, -0.2) is 104 Å². The molecule has 0 saturated heterocycles. The van der Waals surface area contributed by atoms with Crippen LogP contribution in [0.3, 0.4) is 0 Å². The highest BCUT2D eigenvalue weighted by Crippen LogP contribution is 2.15. The molecule has 3 aromatic carbocycles. The fourth-order valence-corrected chi connectivity index (χ4v) is 6.20. The molecule has 3 aromatic rings. The number of phenolic OH excluding ortho intramolecular Hbond substituents is 2. The SMILES string of the molecule is CCC(=O)N[C@@H](Cc1ccc(O)cc1)C(=O)N[C@@H](C)C(=O)N[C@@H](Cc1ccccc1)C(=O)N[C@H](C(=O)N[C@@H](CCC(=O)O)C(=O)N[C@@H](Cc1ccc(O)cc1)C(=O)O)[C@@H](C)CC. The molecule has 0 bridgehead atoms. The van der Waals surface area contributed by atoms with Gasteiger partial charge in [0, 0.05) is 32.1 Å². The molecule has 0 heterocycles. The molecule has 62 heavy (non-hydrogen) atoms. The van der Waals surface area contributed by atoms with Crippen molar-refractivity contribution in [3.05, 3.63) is 95.6 Å². The second-order valence-corrected chi connectivity index (χ2v) is 15.0. The summed E-state index contributed by atoms with van der Waals surface area (Å²) in [7, 11) is 0. The highest BCUT2D eigenvalue weighted by Gasteiger charge is 2.35. The highest BCUT2D eigenvalue weighted by molar-refractivity contribution is 5.97. The Bertz CT molecular complexity index is 2010. The van der Waals surface area contributed by atoms with E-state index in [0.717, 1.165) is 0 Å². The van der Waals surface area contributed by atoms with E-state index in [1.807, 2.05) is 0 Å². The number of carboxylic acids is 2. The first-order valence-corrected chi connectivity index (χ1v) is 20.3. The minimum absolute atomic E-state index is 0.0140. The molecule has 18 nitrogen and oxygen atoms in total. The monoisotopic (exact) mass is 860 g/mol. The van der Waals surface area contributed by atoms with E-state index >= 15 is 0 Å². The first-order valence-electron chi connectivity index (χ1n) is 20.3. The lowest BCUT2D eigenvalue weighted by molar-refractivity contribution is -0.143. The van der Waals surface area contributed by atoms with E-state index in [1.54, 1.807) is 63.2 Å². The summed E-state index contributed by atoms with van der Waals surface area (Å²) in [6, 6.07) is 12.4. The summed E-state index contributed by atoms with van der Waals surface area (Å²) >= 11 is 0. The number of hydrogen-bond donors (Lipinski definition) is 10. The topological polar surface area (TPSA) is 290 Å². The van der Waals surface area contributed by atoms with Gasteiger partial charge >= 0.3 is 11.9 Å². The predicted octanol–water partition coefficient (Wildman–Crippen LogP) is 1.46. The van der Waals surface area contributed by atoms with Crippen LogP contribution in [-0.2, 0) is 57.6 Å². The van der Waals surface area contributed by atoms with Gasteiger partial charge in [0.25, 0.3) is 0 Å². The Balaban J connectivity index is 1.82. The number of amides is 6. The molecular formula is C44H56N6O12. The maximum Gasteiger partial charge on any atom is 0.326 e. The van der Waals surface area contributed by atoms with E-state index in [9.17, 15) is 58.8 Å². The third kappa shape index (κ3) is 16.2. The number of aromatic hydroxyl groups is 2. The van der Waals surface area contributed by atoms with Crippen molar-refractivity contribution in [2.45, 2.75) is 109 Å². The normalized spacial score (nSPS) is 14.3. The Morgan fingerprint density at radius 3 is 1.47 bits per heavy atom. The molecule has 3 rings (SSSR count). The molecule has 0 saturated carbocycles. The molecule has 0 aliphatic heterocycles. The van der Waals surface area contributed by atoms with Crippen molar-refractivity contribution < 1.29 is 58.8 Å². The van der Waals surface area contributed by atoms with Gasteiger partial charge in [0.1, 0.15) is 47.8 Å². The maximum absolute atomic E-state index is 14.1. The van der Waals surface area contributed by atoms with Crippen molar-refractivity contribution >= 4 is 47.4 Å². The molecule has 0 radical (unpaired) electrons. The Morgan fingerprint density at radius 2 is 0.968 bits per heavy atom. The number of carboxylic acid groups (broad SMARTS) is 2. The fraction of sp³-hybridized carbons (Fsp3) is 0.409. The van der Waals surface area contributed by atoms with E-state index in [4.69, 9.17) is 0 Å². The summed E-state index contributed by atoms with van der Waals surface area (Å²) in [5, 5.41) is 53.9. The van der Waals surface area contributed by atoms with Gasteiger partial charge in [-0.05, 0) is 60.2 Å². The van der Waals surface area contributed by atoms with Gasteiger partial charge in [0.05, 0.1) is 0 Å². The predicted molar refractivity (Wildman–Crippen MR) is 225 cm³/mol. The Hall–Kier alpha value is -6.98. The zero-order valence-corrected chi connectivity index (χ0v) is 35.1. The molecule has 0 fully saturated rings. The van der Waals surface area contributed by atoms with Gasteiger partial charge in [-0.25, -0.2) is 4.79 Å². The van der Waals surface area contributed by atoms with Crippen LogP contribution in [0.25, 0.3) is 0 Å². The van der Waals surface area contributed by atoms with Crippen LogP contribution >= 0.6 is 0 Å². The van der Waals surface area contributed by atoms with Crippen molar-refractivity contribution in [2.24, 2.45) is 5.92 Å². The zero-order valence-electron chi connectivity index (χ0n) is 35.1. The number of rotatable bonds is 24. The molecular weight excluding hydrogens is 805 g/mol. The quantitative estimate of drug-likeness (QED) is 0.0613. The van der Waals surface area contributed by atoms with Crippen molar-refractivity contribution in [1.82, 2.24) is 31.9 Å². The first kappa shape index (κ1) is 49.4. The molecule has 0 aliphatic rings. The van der Waals surface area contributed by atoms with Crippen LogP contribution in [0.15, 0.2) is 78.9 Å². The number of benzene rings is 3. The summed E-state index contributed by atoms with van der Waals surface area (Å²) in [5.41, 5.74) is 1.72. The molecule has 18 heteroatoms. The second-order valence-electron chi connectivity index (χ2n) is 15.0. The first-order chi connectivity index (χ1) is 29.4. The van der Waals surface area contributed by atoms with Gasteiger partial charge in [-0.2, -0.15) is 0 Å². The Labute approximate surface area is 359 Å². The zero-order chi connectivity index (χ0) is 45.9. The molecule has 0 spiro atoms. The number of carbonyl (C=O) groups is 8. The van der Waals surface area contributed by atoms with Crippen LogP contribution in [0.5, 0.6) is 11.5 Å². The van der Waals surface area contributed by atoms with Crippen molar-refractivity contribution in [3.8, 4) is 11.5 Å². The van der Waals surface area contributed by atoms with Crippen molar-refractivity contribution in [2.75, 3.05) is 0 Å². The lowest BCUT2D eigenvalue weighted by atomic mass is 9.96. The van der Waals surface area contributed by atoms with E-state index in [0.29, 0.717) is 23.1 Å². The van der Waals surface area contributed by atoms with Crippen LogP contribution < -0.4 is 31.9 Å². The van der Waals surface area contributed by atoms with Crippen molar-refractivity contribution in [1.29, 1.82) is 0 Å². The van der Waals surface area contributed by atoms with Crippen LogP contribution in [0.4, 0.5) is 0 Å². The molecule has 10 N–H and O–H groups in total. The average molecular weight is 861 g/mol. The molecule has 6 amide bonds. The van der Waals surface area contributed by atoms with Gasteiger partial charge in [0.15, 0.2) is 0 Å². The Kier molecular flexibility index (Phi) is 19.4. The van der Waals surface area contributed by atoms with Gasteiger partial charge in [-0.1, -0.05) is 81.8 Å². The lowest BCUT2D eigenvalue weighted by Gasteiger charge is -2.29. The molecule has 0 aromatic heterocycles. The van der Waals surface area contributed by atoms with Crippen LogP contribution in [0.1, 0.15) is 70.1 Å². The summed E-state index contributed by atoms with van der Waals surface area (Å²) in [5.74, 6) is -7.82. The van der Waals surface area contributed by atoms with Crippen LogP contribution in [0.2, 0.25) is 0 Å². The number of aliphatic carboxylic acids is 2. The standard InChI is InChI=1S/C44H56N6O12/c1-5-25(3)38(43(60)47-32(20-21-37(54)55)40(57)49-35(44(61)62)24-29-14-18-31(52)19-15-29)50-42(59)34(22-27-10-8-7-9-11-27)48-39(56)26(4)45-41(58)33(46-36(53)6-2)23-28-12-16-30(51)17-13-28/h7-19,25-26,32-35,38,51-52H,5-6,20-24H2,1-4H3,(H,45,58)(H,46,53)(H,47,60)(H,48,56)(H,49,57)(H,50,59)(H,54,55)(H,61,62)/t25-,26-,32-,33-,34-,35-,38-/m0/s1. The highest BCUT2D eigenvalue weighted by atomic mass is 16.4. The summed E-state index contributed by atoms with van der Waals surface area (Å²) in [6.45, 7) is 6.41.